The summed E-state index contributed by atoms with van der Waals surface area (Å²) in [5, 5.41) is 0. The van der Waals surface area contributed by atoms with Crippen molar-refractivity contribution in [3.63, 3.8) is 0 Å². The van der Waals surface area contributed by atoms with Crippen molar-refractivity contribution in [1.29, 1.82) is 0 Å². The van der Waals surface area contributed by atoms with Gasteiger partial charge in [0, 0.05) is 25.0 Å². The highest BCUT2D eigenvalue weighted by molar-refractivity contribution is 5.77. The molecule has 4 heteroatoms. The fourth-order valence-electron chi connectivity index (χ4n) is 2.50. The first-order valence-electron chi connectivity index (χ1n) is 6.80. The Morgan fingerprint density at radius 2 is 2.11 bits per heavy atom. The van der Waals surface area contributed by atoms with E-state index < -0.39 is 0 Å². The van der Waals surface area contributed by atoms with Crippen molar-refractivity contribution >= 4 is 5.91 Å². The number of methoxy groups -OCH3 is 1. The topological polar surface area (TPSA) is 55.6 Å². The van der Waals surface area contributed by atoms with Gasteiger partial charge < -0.3 is 15.4 Å². The third kappa shape index (κ3) is 3.26. The molecular formula is C15H22N2O2. The molecule has 1 aromatic carbocycles. The molecule has 0 radical (unpaired) electrons. The first-order chi connectivity index (χ1) is 9.11. The van der Waals surface area contributed by atoms with E-state index in [1.54, 1.807) is 7.11 Å². The Kier molecular flexibility index (Phi) is 4.43. The SMILES string of the molecule is COc1ccc(CCC(=O)N2CCC(N)C2C)cc1. The van der Waals surface area contributed by atoms with Crippen molar-refractivity contribution < 1.29 is 9.53 Å². The zero-order chi connectivity index (χ0) is 13.8. The highest BCUT2D eigenvalue weighted by Crippen LogP contribution is 2.18. The summed E-state index contributed by atoms with van der Waals surface area (Å²) < 4.78 is 5.11. The second kappa shape index (κ2) is 6.06. The average Bonchev–Trinajstić information content (AvgIpc) is 2.77. The quantitative estimate of drug-likeness (QED) is 0.896. The van der Waals surface area contributed by atoms with Gasteiger partial charge in [-0.2, -0.15) is 0 Å². The number of carbonyl (C=O) groups is 1. The number of amides is 1. The lowest BCUT2D eigenvalue weighted by atomic mass is 10.1. The van der Waals surface area contributed by atoms with Gasteiger partial charge in [-0.05, 0) is 37.5 Å². The normalized spacial score (nSPS) is 22.6. The third-order valence-electron chi connectivity index (χ3n) is 3.92. The van der Waals surface area contributed by atoms with Crippen molar-refractivity contribution in [2.75, 3.05) is 13.7 Å². The third-order valence-corrected chi connectivity index (χ3v) is 3.92. The molecule has 4 nitrogen and oxygen atoms in total. The second-order valence-corrected chi connectivity index (χ2v) is 5.13. The van der Waals surface area contributed by atoms with Gasteiger partial charge in [-0.25, -0.2) is 0 Å². The highest BCUT2D eigenvalue weighted by atomic mass is 16.5. The molecule has 0 saturated carbocycles. The summed E-state index contributed by atoms with van der Waals surface area (Å²) in [6, 6.07) is 8.16. The summed E-state index contributed by atoms with van der Waals surface area (Å²) in [5.41, 5.74) is 7.10. The molecule has 1 fully saturated rings. The first kappa shape index (κ1) is 13.9. The first-order valence-corrected chi connectivity index (χ1v) is 6.80. The minimum Gasteiger partial charge on any atom is -0.497 e. The van der Waals surface area contributed by atoms with Crippen LogP contribution in [0.3, 0.4) is 0 Å². The summed E-state index contributed by atoms with van der Waals surface area (Å²) in [5.74, 6) is 1.05. The fourth-order valence-corrected chi connectivity index (χ4v) is 2.50. The van der Waals surface area contributed by atoms with E-state index in [4.69, 9.17) is 10.5 Å². The van der Waals surface area contributed by atoms with Crippen molar-refractivity contribution in [3.05, 3.63) is 29.8 Å². The monoisotopic (exact) mass is 262 g/mol. The Labute approximate surface area is 114 Å². The van der Waals surface area contributed by atoms with Crippen LogP contribution in [0.1, 0.15) is 25.3 Å². The zero-order valence-electron chi connectivity index (χ0n) is 11.6. The molecule has 1 heterocycles. The number of nitrogens with zero attached hydrogens (tertiary/aromatic N) is 1. The summed E-state index contributed by atoms with van der Waals surface area (Å²) in [6.07, 6.45) is 2.22. The molecule has 2 N–H and O–H groups in total. The number of carbonyl (C=O) groups excluding carboxylic acids is 1. The van der Waals surface area contributed by atoms with Crippen LogP contribution in [0.4, 0.5) is 0 Å². The van der Waals surface area contributed by atoms with Crippen LogP contribution in [0.25, 0.3) is 0 Å². The van der Waals surface area contributed by atoms with Crippen molar-refractivity contribution in [2.45, 2.75) is 38.3 Å². The van der Waals surface area contributed by atoms with Crippen molar-refractivity contribution in [1.82, 2.24) is 4.90 Å². The minimum atomic E-state index is 0.130. The Morgan fingerprint density at radius 1 is 1.42 bits per heavy atom. The molecule has 2 rings (SSSR count). The number of ether oxygens (including phenoxy) is 1. The van der Waals surface area contributed by atoms with Crippen LogP contribution in [-0.2, 0) is 11.2 Å². The molecule has 1 aliphatic heterocycles. The predicted octanol–water partition coefficient (Wildman–Crippen LogP) is 1.58. The standard InChI is InChI=1S/C15H22N2O2/c1-11-14(16)9-10-17(11)15(18)8-5-12-3-6-13(19-2)7-4-12/h3-4,6-7,11,14H,5,8-10,16H2,1-2H3. The van der Waals surface area contributed by atoms with Crippen molar-refractivity contribution in [3.8, 4) is 5.75 Å². The van der Waals surface area contributed by atoms with Crippen LogP contribution in [0, 0.1) is 0 Å². The van der Waals surface area contributed by atoms with Gasteiger partial charge in [-0.3, -0.25) is 4.79 Å². The molecule has 0 spiro atoms. The van der Waals surface area contributed by atoms with Gasteiger partial charge in [0.1, 0.15) is 5.75 Å². The van der Waals surface area contributed by atoms with Gasteiger partial charge in [0.05, 0.1) is 7.11 Å². The Balaban J connectivity index is 1.86. The molecule has 104 valence electrons. The lowest BCUT2D eigenvalue weighted by Gasteiger charge is -2.23. The number of aryl methyl sites for hydroxylation is 1. The zero-order valence-corrected chi connectivity index (χ0v) is 11.6. The predicted molar refractivity (Wildman–Crippen MR) is 75.1 cm³/mol. The second-order valence-electron chi connectivity index (χ2n) is 5.13. The fraction of sp³-hybridized carbons (Fsp3) is 0.533. The minimum absolute atomic E-state index is 0.130. The van der Waals surface area contributed by atoms with Crippen LogP contribution in [0.2, 0.25) is 0 Å². The number of benzene rings is 1. The van der Waals surface area contributed by atoms with E-state index in [0.717, 1.165) is 30.7 Å². The van der Waals surface area contributed by atoms with Gasteiger partial charge in [0.2, 0.25) is 5.91 Å². The maximum atomic E-state index is 12.1. The molecular weight excluding hydrogens is 240 g/mol. The molecule has 19 heavy (non-hydrogen) atoms. The number of hydrogen-bond acceptors (Lipinski definition) is 3. The van der Waals surface area contributed by atoms with Gasteiger partial charge >= 0.3 is 0 Å². The molecule has 2 atom stereocenters. The van der Waals surface area contributed by atoms with E-state index >= 15 is 0 Å². The van der Waals surface area contributed by atoms with Crippen LogP contribution in [0.5, 0.6) is 5.75 Å². The molecule has 1 saturated heterocycles. The molecule has 1 aromatic rings. The van der Waals surface area contributed by atoms with E-state index in [1.807, 2.05) is 36.1 Å². The number of likely N-dealkylation sites (tertiary alicyclic amines) is 1. The number of hydrogen-bond donors (Lipinski definition) is 1. The van der Waals surface area contributed by atoms with Gasteiger partial charge in [0.15, 0.2) is 0 Å². The summed E-state index contributed by atoms with van der Waals surface area (Å²) in [7, 11) is 1.65. The van der Waals surface area contributed by atoms with Crippen LogP contribution < -0.4 is 10.5 Å². The molecule has 1 aliphatic rings. The summed E-state index contributed by atoms with van der Waals surface area (Å²) in [6.45, 7) is 2.83. The average molecular weight is 262 g/mol. The Hall–Kier alpha value is -1.55. The number of nitrogens with two attached hydrogens (primary N) is 1. The van der Waals surface area contributed by atoms with E-state index in [2.05, 4.69) is 0 Å². The summed E-state index contributed by atoms with van der Waals surface area (Å²) in [4.78, 5) is 14.1. The lowest BCUT2D eigenvalue weighted by Crippen LogP contribution is -2.40. The van der Waals surface area contributed by atoms with E-state index in [1.165, 1.54) is 0 Å². The Morgan fingerprint density at radius 3 is 2.63 bits per heavy atom. The lowest BCUT2D eigenvalue weighted by molar-refractivity contribution is -0.131. The van der Waals surface area contributed by atoms with Crippen molar-refractivity contribution in [2.24, 2.45) is 5.73 Å². The maximum absolute atomic E-state index is 12.1. The smallest absolute Gasteiger partial charge is 0.223 e. The Bertz CT molecular complexity index is 430. The molecule has 0 bridgehead atoms. The largest absolute Gasteiger partial charge is 0.497 e. The van der Waals surface area contributed by atoms with Gasteiger partial charge in [-0.15, -0.1) is 0 Å². The van der Waals surface area contributed by atoms with Gasteiger partial charge in [0.25, 0.3) is 0 Å². The molecule has 1 amide bonds. The number of rotatable bonds is 4. The maximum Gasteiger partial charge on any atom is 0.223 e. The van der Waals surface area contributed by atoms with Crippen LogP contribution in [-0.4, -0.2) is 36.5 Å². The van der Waals surface area contributed by atoms with Gasteiger partial charge in [-0.1, -0.05) is 12.1 Å². The molecule has 2 unspecified atom stereocenters. The molecule has 0 aliphatic carbocycles. The highest BCUT2D eigenvalue weighted by Gasteiger charge is 2.30. The van der Waals surface area contributed by atoms with E-state index in [-0.39, 0.29) is 18.0 Å². The van der Waals surface area contributed by atoms with Crippen LogP contribution in [0.15, 0.2) is 24.3 Å². The van der Waals surface area contributed by atoms with Crippen LogP contribution >= 0.6 is 0 Å². The summed E-state index contributed by atoms with van der Waals surface area (Å²) >= 11 is 0. The van der Waals surface area contributed by atoms with E-state index in [0.29, 0.717) is 6.42 Å². The molecule has 0 aromatic heterocycles. The van der Waals surface area contributed by atoms with E-state index in [9.17, 15) is 4.79 Å².